The van der Waals surface area contributed by atoms with Crippen LogP contribution in [0.15, 0.2) is 48.1 Å². The molecule has 0 spiro atoms. The van der Waals surface area contributed by atoms with Crippen LogP contribution in [0.5, 0.6) is 0 Å². The van der Waals surface area contributed by atoms with Crippen LogP contribution in [-0.4, -0.2) is 5.78 Å². The summed E-state index contributed by atoms with van der Waals surface area (Å²) in [6.07, 6.45) is 6.42. The highest BCUT2D eigenvalue weighted by Gasteiger charge is 2.26. The van der Waals surface area contributed by atoms with Gasteiger partial charge in [-0.05, 0) is 29.7 Å². The lowest BCUT2D eigenvalue weighted by Gasteiger charge is -2.11. The molecule has 0 amide bonds. The van der Waals surface area contributed by atoms with E-state index >= 15 is 0 Å². The van der Waals surface area contributed by atoms with Crippen molar-refractivity contribution >= 4 is 5.78 Å². The summed E-state index contributed by atoms with van der Waals surface area (Å²) in [6, 6.07) is 8.42. The Morgan fingerprint density at radius 1 is 1.21 bits per heavy atom. The number of hydrogen-bond acceptors (Lipinski definition) is 1. The van der Waals surface area contributed by atoms with E-state index in [0.717, 1.165) is 6.42 Å². The SMILES string of the molecule is O=C1C=CC2C(=C1)Cc1ccccc12. The van der Waals surface area contributed by atoms with Crippen molar-refractivity contribution < 1.29 is 4.79 Å². The van der Waals surface area contributed by atoms with E-state index in [2.05, 4.69) is 24.3 Å². The maximum atomic E-state index is 11.2. The van der Waals surface area contributed by atoms with E-state index in [1.165, 1.54) is 16.7 Å². The molecule has 0 radical (unpaired) electrons. The maximum absolute atomic E-state index is 11.2. The molecule has 1 unspecified atom stereocenters. The van der Waals surface area contributed by atoms with Crippen LogP contribution in [0.3, 0.4) is 0 Å². The minimum Gasteiger partial charge on any atom is -0.290 e. The summed E-state index contributed by atoms with van der Waals surface area (Å²) < 4.78 is 0. The predicted octanol–water partition coefficient (Wildman–Crippen LogP) is 2.39. The molecule has 0 aliphatic heterocycles. The van der Waals surface area contributed by atoms with Crippen LogP contribution in [0.1, 0.15) is 17.0 Å². The highest BCUT2D eigenvalue weighted by molar-refractivity contribution is 6.01. The first-order valence-electron chi connectivity index (χ1n) is 4.85. The van der Waals surface area contributed by atoms with Crippen molar-refractivity contribution in [2.45, 2.75) is 12.3 Å². The van der Waals surface area contributed by atoms with Gasteiger partial charge in [-0.1, -0.05) is 35.9 Å². The van der Waals surface area contributed by atoms with E-state index in [4.69, 9.17) is 0 Å². The second kappa shape index (κ2) is 2.68. The Morgan fingerprint density at radius 3 is 3.00 bits per heavy atom. The number of ketones is 1. The molecular formula is C13H10O. The molecule has 0 bridgehead atoms. The van der Waals surface area contributed by atoms with E-state index in [0.29, 0.717) is 5.92 Å². The summed E-state index contributed by atoms with van der Waals surface area (Å²) in [5.41, 5.74) is 3.98. The zero-order valence-electron chi connectivity index (χ0n) is 7.73. The molecule has 14 heavy (non-hydrogen) atoms. The fraction of sp³-hybridized carbons (Fsp3) is 0.154. The standard InChI is InChI=1S/C13H10O/c14-11-5-6-13-10(8-11)7-9-3-1-2-4-12(9)13/h1-6,8,13H,7H2. The minimum absolute atomic E-state index is 0.129. The van der Waals surface area contributed by atoms with Crippen molar-refractivity contribution in [1.29, 1.82) is 0 Å². The van der Waals surface area contributed by atoms with Crippen LogP contribution < -0.4 is 0 Å². The topological polar surface area (TPSA) is 17.1 Å². The first kappa shape index (κ1) is 7.74. The molecule has 1 aromatic carbocycles. The maximum Gasteiger partial charge on any atom is 0.178 e. The molecule has 68 valence electrons. The Kier molecular flexibility index (Phi) is 1.48. The van der Waals surface area contributed by atoms with Gasteiger partial charge in [-0.3, -0.25) is 4.79 Å². The van der Waals surface area contributed by atoms with E-state index < -0.39 is 0 Å². The average molecular weight is 182 g/mol. The molecule has 1 nitrogen and oxygen atoms in total. The molecule has 0 aromatic heterocycles. The van der Waals surface area contributed by atoms with Gasteiger partial charge in [0.05, 0.1) is 0 Å². The Bertz CT molecular complexity index is 466. The van der Waals surface area contributed by atoms with E-state index in [1.807, 2.05) is 6.08 Å². The molecular weight excluding hydrogens is 172 g/mol. The second-order valence-electron chi connectivity index (χ2n) is 3.83. The fourth-order valence-electron chi connectivity index (χ4n) is 2.32. The van der Waals surface area contributed by atoms with Crippen LogP contribution in [-0.2, 0) is 11.2 Å². The van der Waals surface area contributed by atoms with Crippen molar-refractivity contribution in [1.82, 2.24) is 0 Å². The molecule has 2 aliphatic rings. The summed E-state index contributed by atoms with van der Waals surface area (Å²) in [5.74, 6) is 0.493. The van der Waals surface area contributed by atoms with Gasteiger partial charge in [0.1, 0.15) is 0 Å². The molecule has 0 saturated carbocycles. The summed E-state index contributed by atoms with van der Waals surface area (Å²) in [4.78, 5) is 11.2. The Balaban J connectivity index is 2.15. The number of fused-ring (bicyclic) bond motifs is 3. The molecule has 0 N–H and O–H groups in total. The number of carbonyl (C=O) groups excluding carboxylic acids is 1. The third kappa shape index (κ3) is 0.987. The van der Waals surface area contributed by atoms with Gasteiger partial charge >= 0.3 is 0 Å². The van der Waals surface area contributed by atoms with Crippen molar-refractivity contribution in [3.63, 3.8) is 0 Å². The highest BCUT2D eigenvalue weighted by Crippen LogP contribution is 2.39. The number of allylic oxidation sites excluding steroid dienone is 4. The van der Waals surface area contributed by atoms with E-state index in [9.17, 15) is 4.79 Å². The zero-order chi connectivity index (χ0) is 9.54. The fourth-order valence-corrected chi connectivity index (χ4v) is 2.32. The van der Waals surface area contributed by atoms with Gasteiger partial charge in [0.25, 0.3) is 0 Å². The normalized spacial score (nSPS) is 23.0. The van der Waals surface area contributed by atoms with Gasteiger partial charge < -0.3 is 0 Å². The van der Waals surface area contributed by atoms with Crippen molar-refractivity contribution in [3.8, 4) is 0 Å². The summed E-state index contributed by atoms with van der Waals surface area (Å²) in [7, 11) is 0. The van der Waals surface area contributed by atoms with Crippen molar-refractivity contribution in [3.05, 3.63) is 59.2 Å². The van der Waals surface area contributed by atoms with Crippen LogP contribution in [0.2, 0.25) is 0 Å². The Morgan fingerprint density at radius 2 is 2.07 bits per heavy atom. The van der Waals surface area contributed by atoms with Gasteiger partial charge in [0.2, 0.25) is 0 Å². The van der Waals surface area contributed by atoms with Gasteiger partial charge in [-0.15, -0.1) is 0 Å². The van der Waals surface area contributed by atoms with E-state index in [1.54, 1.807) is 12.2 Å². The van der Waals surface area contributed by atoms with Gasteiger partial charge in [-0.25, -0.2) is 0 Å². The summed E-state index contributed by atoms with van der Waals surface area (Å²) in [5, 5.41) is 0. The molecule has 0 saturated heterocycles. The van der Waals surface area contributed by atoms with Gasteiger partial charge in [0.15, 0.2) is 5.78 Å². The molecule has 0 heterocycles. The largest absolute Gasteiger partial charge is 0.290 e. The van der Waals surface area contributed by atoms with Gasteiger partial charge in [0, 0.05) is 5.92 Å². The highest BCUT2D eigenvalue weighted by atomic mass is 16.1. The number of carbonyl (C=O) groups is 1. The second-order valence-corrected chi connectivity index (χ2v) is 3.83. The molecule has 0 fully saturated rings. The lowest BCUT2D eigenvalue weighted by Crippen LogP contribution is -2.02. The number of benzene rings is 1. The zero-order valence-corrected chi connectivity index (χ0v) is 7.73. The van der Waals surface area contributed by atoms with Crippen molar-refractivity contribution in [2.24, 2.45) is 0 Å². The molecule has 1 heteroatoms. The number of hydrogen-bond donors (Lipinski definition) is 0. The lowest BCUT2D eigenvalue weighted by atomic mass is 9.93. The quantitative estimate of drug-likeness (QED) is 0.602. The van der Waals surface area contributed by atoms with E-state index in [-0.39, 0.29) is 5.78 Å². The van der Waals surface area contributed by atoms with Crippen LogP contribution in [0, 0.1) is 0 Å². The first-order valence-corrected chi connectivity index (χ1v) is 4.85. The van der Waals surface area contributed by atoms with Crippen LogP contribution >= 0.6 is 0 Å². The monoisotopic (exact) mass is 182 g/mol. The summed E-state index contributed by atoms with van der Waals surface area (Å²) in [6.45, 7) is 0. The average Bonchev–Trinajstić information content (AvgIpc) is 2.54. The van der Waals surface area contributed by atoms with Crippen molar-refractivity contribution in [2.75, 3.05) is 0 Å². The smallest absolute Gasteiger partial charge is 0.178 e. The van der Waals surface area contributed by atoms with Crippen LogP contribution in [0.4, 0.5) is 0 Å². The Hall–Kier alpha value is -1.63. The number of rotatable bonds is 0. The Labute approximate surface area is 82.8 Å². The van der Waals surface area contributed by atoms with Crippen LogP contribution in [0.25, 0.3) is 0 Å². The third-order valence-corrected chi connectivity index (χ3v) is 2.96. The first-order chi connectivity index (χ1) is 6.84. The lowest BCUT2D eigenvalue weighted by molar-refractivity contribution is -0.110. The molecule has 2 aliphatic carbocycles. The molecule has 1 aromatic rings. The third-order valence-electron chi connectivity index (χ3n) is 2.96. The molecule has 1 atom stereocenters. The minimum atomic E-state index is 0.129. The van der Waals surface area contributed by atoms with Gasteiger partial charge in [-0.2, -0.15) is 0 Å². The summed E-state index contributed by atoms with van der Waals surface area (Å²) >= 11 is 0. The predicted molar refractivity (Wildman–Crippen MR) is 55.1 cm³/mol. The molecule has 3 rings (SSSR count).